The van der Waals surface area contributed by atoms with Gasteiger partial charge in [-0.1, -0.05) is 49.6 Å². The second-order valence-electron chi connectivity index (χ2n) is 6.58. The molecule has 0 bridgehead atoms. The molecule has 132 valence electrons. The summed E-state index contributed by atoms with van der Waals surface area (Å²) in [5, 5.41) is 10.1. The number of likely N-dealkylation sites (N-methyl/N-ethyl adjacent to an activating group) is 1. The highest BCUT2D eigenvalue weighted by Crippen LogP contribution is 2.29. The summed E-state index contributed by atoms with van der Waals surface area (Å²) in [6.07, 6.45) is 4.31. The predicted molar refractivity (Wildman–Crippen MR) is 96.0 cm³/mol. The van der Waals surface area contributed by atoms with Gasteiger partial charge >= 0.3 is 0 Å². The van der Waals surface area contributed by atoms with Gasteiger partial charge in [-0.05, 0) is 18.9 Å². The largest absolute Gasteiger partial charge is 0.357 e. The second-order valence-corrected chi connectivity index (χ2v) is 6.58. The molecule has 3 rings (SSSR count). The van der Waals surface area contributed by atoms with E-state index in [0.29, 0.717) is 18.5 Å². The van der Waals surface area contributed by atoms with Crippen molar-refractivity contribution in [1.29, 1.82) is 0 Å². The summed E-state index contributed by atoms with van der Waals surface area (Å²) in [5.41, 5.74) is 1.33. The Morgan fingerprint density at radius 2 is 1.80 bits per heavy atom. The van der Waals surface area contributed by atoms with Crippen LogP contribution in [0.3, 0.4) is 0 Å². The molecule has 1 aliphatic carbocycles. The molecule has 1 aromatic carbocycles. The van der Waals surface area contributed by atoms with E-state index in [1.54, 1.807) is 24.8 Å². The zero-order chi connectivity index (χ0) is 17.9. The van der Waals surface area contributed by atoms with E-state index in [1.807, 2.05) is 30.3 Å². The molecule has 0 unspecified atom stereocenters. The molecule has 1 fully saturated rings. The van der Waals surface area contributed by atoms with Crippen LogP contribution in [0, 0.1) is 0 Å². The number of rotatable bonds is 4. The van der Waals surface area contributed by atoms with Crippen molar-refractivity contribution in [3.63, 3.8) is 0 Å². The normalized spacial score (nSPS) is 16.2. The Morgan fingerprint density at radius 3 is 2.44 bits per heavy atom. The van der Waals surface area contributed by atoms with Crippen molar-refractivity contribution in [1.82, 2.24) is 20.4 Å². The minimum absolute atomic E-state index is 0.119. The fraction of sp³-hybridized carbons (Fsp3) is 0.421. The van der Waals surface area contributed by atoms with Crippen molar-refractivity contribution in [2.24, 2.45) is 7.05 Å². The summed E-state index contributed by atoms with van der Waals surface area (Å²) in [7, 11) is 3.36. The molecule has 1 heterocycles. The van der Waals surface area contributed by atoms with E-state index in [4.69, 9.17) is 0 Å². The molecule has 2 amide bonds. The van der Waals surface area contributed by atoms with Crippen molar-refractivity contribution in [3.8, 4) is 11.3 Å². The van der Waals surface area contributed by atoms with Gasteiger partial charge in [-0.25, -0.2) is 0 Å². The third-order valence-electron chi connectivity index (χ3n) is 4.90. The molecule has 0 aliphatic heterocycles. The van der Waals surface area contributed by atoms with Crippen LogP contribution in [0.1, 0.15) is 42.6 Å². The highest BCUT2D eigenvalue weighted by molar-refractivity contribution is 5.98. The van der Waals surface area contributed by atoms with Crippen LogP contribution in [-0.2, 0) is 11.8 Å². The van der Waals surface area contributed by atoms with E-state index in [2.05, 4.69) is 15.7 Å². The Bertz CT molecular complexity index is 761. The molecular weight excluding hydrogens is 316 g/mol. The molecule has 0 radical (unpaired) electrons. The van der Waals surface area contributed by atoms with Crippen LogP contribution < -0.4 is 10.6 Å². The number of carbonyl (C=O) groups excluding carboxylic acids is 2. The lowest BCUT2D eigenvalue weighted by molar-refractivity contribution is -0.128. The van der Waals surface area contributed by atoms with E-state index in [-0.39, 0.29) is 11.8 Å². The number of nitrogens with zero attached hydrogens (tertiary/aromatic N) is 2. The Kier molecular flexibility index (Phi) is 4.88. The lowest BCUT2D eigenvalue weighted by Gasteiger charge is -2.36. The number of hydrogen-bond acceptors (Lipinski definition) is 3. The SMILES string of the molecule is CNC(=O)C1(NC(=O)c2cc(-c3ccccc3)nn2C)CCCCC1. The van der Waals surface area contributed by atoms with E-state index < -0.39 is 5.54 Å². The second kappa shape index (κ2) is 7.09. The van der Waals surface area contributed by atoms with Crippen molar-refractivity contribution in [3.05, 3.63) is 42.1 Å². The van der Waals surface area contributed by atoms with Gasteiger partial charge in [-0.3, -0.25) is 14.3 Å². The standard InChI is InChI=1S/C19H24N4O2/c1-20-18(25)19(11-7-4-8-12-19)21-17(24)16-13-15(22-23(16)2)14-9-5-3-6-10-14/h3,5-6,9-10,13H,4,7-8,11-12H2,1-2H3,(H,20,25)(H,21,24). The number of benzene rings is 1. The van der Waals surface area contributed by atoms with Crippen LogP contribution in [0.4, 0.5) is 0 Å². The third-order valence-corrected chi connectivity index (χ3v) is 4.90. The maximum absolute atomic E-state index is 12.9. The summed E-state index contributed by atoms with van der Waals surface area (Å²) in [6, 6.07) is 11.5. The van der Waals surface area contributed by atoms with Crippen molar-refractivity contribution in [2.75, 3.05) is 7.05 Å². The maximum Gasteiger partial charge on any atom is 0.270 e. The number of amides is 2. The van der Waals surface area contributed by atoms with Gasteiger partial charge in [-0.15, -0.1) is 0 Å². The van der Waals surface area contributed by atoms with Gasteiger partial charge in [0.1, 0.15) is 11.2 Å². The zero-order valence-electron chi connectivity index (χ0n) is 14.7. The first kappa shape index (κ1) is 17.2. The van der Waals surface area contributed by atoms with E-state index in [1.165, 1.54) is 0 Å². The van der Waals surface area contributed by atoms with Gasteiger partial charge < -0.3 is 10.6 Å². The molecule has 6 nitrogen and oxygen atoms in total. The maximum atomic E-state index is 12.9. The summed E-state index contributed by atoms with van der Waals surface area (Å²) in [4.78, 5) is 25.3. The van der Waals surface area contributed by atoms with Gasteiger partial charge in [0, 0.05) is 19.7 Å². The van der Waals surface area contributed by atoms with Crippen LogP contribution in [0.25, 0.3) is 11.3 Å². The summed E-state index contributed by atoms with van der Waals surface area (Å²) < 4.78 is 1.57. The summed E-state index contributed by atoms with van der Waals surface area (Å²) in [5.74, 6) is -0.381. The molecule has 1 saturated carbocycles. The number of carbonyl (C=O) groups is 2. The average molecular weight is 340 g/mol. The van der Waals surface area contributed by atoms with E-state index in [0.717, 1.165) is 30.5 Å². The lowest BCUT2D eigenvalue weighted by Crippen LogP contribution is -2.59. The lowest BCUT2D eigenvalue weighted by atomic mass is 9.80. The van der Waals surface area contributed by atoms with Gasteiger partial charge in [0.25, 0.3) is 5.91 Å². The highest BCUT2D eigenvalue weighted by atomic mass is 16.2. The minimum Gasteiger partial charge on any atom is -0.357 e. The molecule has 1 aliphatic rings. The molecule has 2 aromatic rings. The average Bonchev–Trinajstić information content (AvgIpc) is 3.04. The molecule has 2 N–H and O–H groups in total. The smallest absolute Gasteiger partial charge is 0.270 e. The first-order chi connectivity index (χ1) is 12.1. The summed E-state index contributed by atoms with van der Waals surface area (Å²) in [6.45, 7) is 0. The summed E-state index contributed by atoms with van der Waals surface area (Å²) >= 11 is 0. The van der Waals surface area contributed by atoms with Crippen molar-refractivity contribution >= 4 is 11.8 Å². The van der Waals surface area contributed by atoms with E-state index in [9.17, 15) is 9.59 Å². The number of aromatic nitrogens is 2. The Labute approximate surface area is 147 Å². The van der Waals surface area contributed by atoms with Crippen LogP contribution >= 0.6 is 0 Å². The fourth-order valence-corrected chi connectivity index (χ4v) is 3.51. The predicted octanol–water partition coefficient (Wildman–Crippen LogP) is 2.27. The fourth-order valence-electron chi connectivity index (χ4n) is 3.51. The van der Waals surface area contributed by atoms with Crippen LogP contribution in [0.5, 0.6) is 0 Å². The van der Waals surface area contributed by atoms with Gasteiger partial charge in [0.05, 0.1) is 5.69 Å². The molecule has 6 heteroatoms. The molecule has 0 spiro atoms. The Hall–Kier alpha value is -2.63. The van der Waals surface area contributed by atoms with E-state index >= 15 is 0 Å². The van der Waals surface area contributed by atoms with Crippen molar-refractivity contribution in [2.45, 2.75) is 37.6 Å². The highest BCUT2D eigenvalue weighted by Gasteiger charge is 2.40. The zero-order valence-corrected chi connectivity index (χ0v) is 14.7. The molecular formula is C19H24N4O2. The first-order valence-electron chi connectivity index (χ1n) is 8.70. The van der Waals surface area contributed by atoms with Crippen molar-refractivity contribution < 1.29 is 9.59 Å². The number of aryl methyl sites for hydroxylation is 1. The quantitative estimate of drug-likeness (QED) is 0.896. The molecule has 1 aromatic heterocycles. The van der Waals surface area contributed by atoms with Crippen LogP contribution in [-0.4, -0.2) is 34.2 Å². The minimum atomic E-state index is -0.818. The topological polar surface area (TPSA) is 76.0 Å². The van der Waals surface area contributed by atoms with Crippen LogP contribution in [0.2, 0.25) is 0 Å². The molecule has 0 saturated heterocycles. The monoisotopic (exact) mass is 340 g/mol. The van der Waals surface area contributed by atoms with Gasteiger partial charge in [0.2, 0.25) is 5.91 Å². The third kappa shape index (κ3) is 3.43. The molecule has 0 atom stereocenters. The van der Waals surface area contributed by atoms with Gasteiger partial charge in [-0.2, -0.15) is 5.10 Å². The molecule has 25 heavy (non-hydrogen) atoms. The Morgan fingerprint density at radius 1 is 1.12 bits per heavy atom. The first-order valence-corrected chi connectivity index (χ1v) is 8.70. The number of hydrogen-bond donors (Lipinski definition) is 2. The Balaban J connectivity index is 1.85. The van der Waals surface area contributed by atoms with Crippen LogP contribution in [0.15, 0.2) is 36.4 Å². The van der Waals surface area contributed by atoms with Gasteiger partial charge in [0.15, 0.2) is 0 Å². The number of nitrogens with one attached hydrogen (secondary N) is 2.